The molecule has 0 aliphatic heterocycles. The molecule has 0 aliphatic rings. The zero-order chi connectivity index (χ0) is 7.40. The van der Waals surface area contributed by atoms with Crippen molar-refractivity contribution in [1.29, 1.82) is 0 Å². The normalized spacial score (nSPS) is 8.36. The van der Waals surface area contributed by atoms with Crippen molar-refractivity contribution >= 4 is 0 Å². The number of phenolic OH excluding ortho intramolecular Hbond substituents is 1. The Morgan fingerprint density at radius 3 is 2.73 bits per heavy atom. The van der Waals surface area contributed by atoms with Crippen LogP contribution < -0.4 is 0 Å². The number of phenols is 1. The number of hydrogen-bond donors (Lipinski definition) is 1. The van der Waals surface area contributed by atoms with E-state index in [2.05, 4.69) is 5.18 Å². The van der Waals surface area contributed by atoms with E-state index in [0.717, 1.165) is 5.56 Å². The van der Waals surface area contributed by atoms with Gasteiger partial charge in [-0.05, 0) is 17.7 Å². The molecule has 0 fully saturated rings. The molecule has 11 heavy (non-hydrogen) atoms. The predicted octanol–water partition coefficient (Wildman–Crippen LogP) is 1.66. The van der Waals surface area contributed by atoms with Crippen molar-refractivity contribution in [1.82, 2.24) is 0 Å². The van der Waals surface area contributed by atoms with Gasteiger partial charge in [-0.2, -0.15) is 4.91 Å². The van der Waals surface area contributed by atoms with E-state index in [9.17, 15) is 4.91 Å². The Hall–Kier alpha value is -2.38. The van der Waals surface area contributed by atoms with Crippen molar-refractivity contribution in [3.05, 3.63) is 34.7 Å². The van der Waals surface area contributed by atoms with Crippen molar-refractivity contribution in [2.75, 3.05) is 0 Å². The van der Waals surface area contributed by atoms with Gasteiger partial charge in [-0.25, -0.2) is 0 Å². The summed E-state index contributed by atoms with van der Waals surface area (Å²) in [5, 5.41) is 11.6. The number of aromatic hydroxyl groups is 1. The average molecular weight is 384 g/mol. The number of nitroso groups, excluding NO2 is 1. The summed E-state index contributed by atoms with van der Waals surface area (Å²) in [6.07, 6.45) is 0. The fourth-order valence-electron chi connectivity index (χ4n) is 0.729. The van der Waals surface area contributed by atoms with Crippen LogP contribution in [0.5, 0.6) is 5.75 Å². The van der Waals surface area contributed by atoms with Gasteiger partial charge in [0.25, 0.3) is 0 Å². The van der Waals surface area contributed by atoms with Gasteiger partial charge in [0.1, 0.15) is 12.3 Å². The average Bonchev–Trinajstić information content (AvgIpc) is 1.88. The second-order valence-corrected chi connectivity index (χ2v) is 1.96. The molecule has 4 heteroatoms. The fraction of sp³-hybridized carbons (Fsp3) is 0.143. The minimum absolute atomic E-state index is 0. The molecule has 60 valence electrons. The molecule has 0 saturated heterocycles. The van der Waals surface area contributed by atoms with Crippen LogP contribution >= 0.6 is 0 Å². The Morgan fingerprint density at radius 2 is 2.18 bits per heavy atom. The van der Waals surface area contributed by atoms with E-state index < -0.39 is 0 Å². The first-order valence-electron chi connectivity index (χ1n) is 2.90. The van der Waals surface area contributed by atoms with Gasteiger partial charge >= 0.3 is 0 Å². The largest absolute Gasteiger partial charge is 0.508 e. The third-order valence-electron chi connectivity index (χ3n) is 1.16. The third kappa shape index (κ3) is 2.13. The molecule has 1 N–H and O–H groups in total. The first-order chi connectivity index (χ1) is 4.83. The Balaban J connectivity index is 0.000001000. The molecule has 0 amide bonds. The molecule has 0 atom stereocenters. The molecular formula is C7H7CmNO2. The Bertz CT molecular complexity index is 240. The van der Waals surface area contributed by atoms with E-state index in [1.807, 2.05) is 0 Å². The standard InChI is InChI=1S/C7H7NO2.Cm/c9-7-3-1-2-6(4-7)5-8-10;/h1-4,9H,5H2;. The van der Waals surface area contributed by atoms with Crippen molar-refractivity contribution in [3.8, 4) is 5.75 Å². The SMILES string of the molecule is O=NCc1cccc(O)c1.[Cm]. The zero-order valence-electron chi connectivity index (χ0n) is 5.67. The summed E-state index contributed by atoms with van der Waals surface area (Å²) in [7, 11) is 0. The van der Waals surface area contributed by atoms with E-state index in [4.69, 9.17) is 5.11 Å². The summed E-state index contributed by atoms with van der Waals surface area (Å²) in [5.74, 6) is 0.168. The second-order valence-electron chi connectivity index (χ2n) is 1.96. The summed E-state index contributed by atoms with van der Waals surface area (Å²) >= 11 is 0. The maximum Gasteiger partial charge on any atom is 0.115 e. The maximum atomic E-state index is 9.75. The van der Waals surface area contributed by atoms with Gasteiger partial charge in [0, 0.05) is 0 Å². The van der Waals surface area contributed by atoms with E-state index in [-0.39, 0.29) is 12.3 Å². The third-order valence-corrected chi connectivity index (χ3v) is 1.16. The summed E-state index contributed by atoms with van der Waals surface area (Å²) in [6.45, 7) is 0.119. The Labute approximate surface area is 58.3 Å². The zero-order valence-corrected chi connectivity index (χ0v) is 8.62. The quantitative estimate of drug-likeness (QED) is 0.789. The Kier molecular flexibility index (Phi) is 2.83. The minimum atomic E-state index is 0. The summed E-state index contributed by atoms with van der Waals surface area (Å²) in [5.41, 5.74) is 0.731. The van der Waals surface area contributed by atoms with Crippen LogP contribution in [0.15, 0.2) is 29.4 Å². The summed E-state index contributed by atoms with van der Waals surface area (Å²) < 4.78 is 0. The molecule has 1 rings (SSSR count). The number of nitrogens with zero attached hydrogens (tertiary/aromatic N) is 1. The molecular weight excluding hydrogens is 377 g/mol. The number of rotatable bonds is 2. The first kappa shape index (κ1) is 8.62. The van der Waals surface area contributed by atoms with Gasteiger partial charge in [0.15, 0.2) is 0 Å². The summed E-state index contributed by atoms with van der Waals surface area (Å²) in [6, 6.07) is 6.48. The molecule has 0 saturated carbocycles. The van der Waals surface area contributed by atoms with Crippen LogP contribution in [-0.4, -0.2) is 5.11 Å². The summed E-state index contributed by atoms with van der Waals surface area (Å²) in [4.78, 5) is 9.75. The van der Waals surface area contributed by atoms with Gasteiger partial charge in [0.05, 0.1) is 0 Å². The fourth-order valence-corrected chi connectivity index (χ4v) is 0.729. The van der Waals surface area contributed by atoms with Crippen LogP contribution in [0.3, 0.4) is 0 Å². The molecule has 0 unspecified atom stereocenters. The van der Waals surface area contributed by atoms with Crippen LogP contribution in [0, 0.1) is 4.91 Å². The van der Waals surface area contributed by atoms with Gasteiger partial charge in [-0.3, -0.25) is 0 Å². The van der Waals surface area contributed by atoms with Gasteiger partial charge in [-0.1, -0.05) is 17.3 Å². The molecule has 0 aliphatic carbocycles. The second kappa shape index (κ2) is 3.61. The van der Waals surface area contributed by atoms with Crippen LogP contribution in [0.1, 0.15) is 5.56 Å². The van der Waals surface area contributed by atoms with Gasteiger partial charge in [0.2, 0.25) is 0 Å². The van der Waals surface area contributed by atoms with Crippen LogP contribution in [-0.2, 0) is 6.54 Å². The number of hydrogen-bond acceptors (Lipinski definition) is 3. The van der Waals surface area contributed by atoms with Crippen molar-refractivity contribution in [3.63, 3.8) is 0 Å². The molecule has 3 nitrogen and oxygen atoms in total. The van der Waals surface area contributed by atoms with Crippen molar-refractivity contribution in [2.45, 2.75) is 6.54 Å². The molecule has 1 aromatic carbocycles. The van der Waals surface area contributed by atoms with Crippen LogP contribution in [0.2, 0.25) is 0 Å². The van der Waals surface area contributed by atoms with Crippen LogP contribution in [0.25, 0.3) is 0 Å². The topological polar surface area (TPSA) is 49.7 Å². The molecule has 0 bridgehead atoms. The first-order valence-corrected chi connectivity index (χ1v) is 2.90. The van der Waals surface area contributed by atoms with E-state index in [1.165, 1.54) is 6.07 Å². The van der Waals surface area contributed by atoms with Gasteiger partial charge in [-0.15, -0.1) is 0 Å². The molecule has 0 spiro atoms. The van der Waals surface area contributed by atoms with Crippen LogP contribution in [0.4, 0.5) is 0 Å². The van der Waals surface area contributed by atoms with E-state index in [0.29, 0.717) is 0 Å². The molecule has 0 radical (unpaired) electrons. The van der Waals surface area contributed by atoms with E-state index in [1.54, 1.807) is 18.2 Å². The van der Waals surface area contributed by atoms with Gasteiger partial charge < -0.3 is 5.11 Å². The smallest absolute Gasteiger partial charge is 0.115 e. The number of benzene rings is 1. The maximum absolute atomic E-state index is 9.75. The minimum Gasteiger partial charge on any atom is -0.508 e. The molecule has 0 aromatic heterocycles. The molecule has 0 heterocycles. The monoisotopic (exact) mass is 380 g/mol. The Morgan fingerprint density at radius 1 is 1.45 bits per heavy atom. The predicted molar refractivity (Wildman–Crippen MR) is 37.6 cm³/mol. The van der Waals surface area contributed by atoms with Crippen molar-refractivity contribution < 1.29 is 5.11 Å². The van der Waals surface area contributed by atoms with E-state index >= 15 is 0 Å². The van der Waals surface area contributed by atoms with Crippen molar-refractivity contribution in [2.24, 2.45) is 5.18 Å². The molecule has 1 aromatic rings.